The van der Waals surface area contributed by atoms with Crippen molar-refractivity contribution in [3.05, 3.63) is 46.7 Å². The van der Waals surface area contributed by atoms with E-state index in [0.717, 1.165) is 11.3 Å². The lowest BCUT2D eigenvalue weighted by Gasteiger charge is -2.10. The maximum atomic E-state index is 12.1. The highest BCUT2D eigenvalue weighted by molar-refractivity contribution is 7.07. The van der Waals surface area contributed by atoms with Crippen LogP contribution in [0.3, 0.4) is 0 Å². The van der Waals surface area contributed by atoms with Crippen molar-refractivity contribution in [1.82, 2.24) is 0 Å². The van der Waals surface area contributed by atoms with Gasteiger partial charge >= 0.3 is 0 Å². The molecule has 1 atom stereocenters. The van der Waals surface area contributed by atoms with Crippen molar-refractivity contribution in [2.45, 2.75) is 6.42 Å². The Hall–Kier alpha value is -2.32. The predicted molar refractivity (Wildman–Crippen MR) is 78.7 cm³/mol. The Kier molecular flexibility index (Phi) is 4.75. The van der Waals surface area contributed by atoms with Gasteiger partial charge in [0.15, 0.2) is 0 Å². The lowest BCUT2D eigenvalue weighted by molar-refractivity contribution is -0.118. The molecule has 0 spiro atoms. The van der Waals surface area contributed by atoms with Crippen LogP contribution in [-0.2, 0) is 11.2 Å². The van der Waals surface area contributed by atoms with Crippen LogP contribution in [0.5, 0.6) is 5.75 Å². The standard InChI is InChI=1S/C15H14N2O2S/c1-19-14-4-2-13(3-5-14)17-15(18)12(9-16)8-11-6-7-20-10-11/h2-7,10,12H,8H2,1H3,(H,17,18)/t12-/m0/s1. The van der Waals surface area contributed by atoms with Crippen LogP contribution in [-0.4, -0.2) is 13.0 Å². The molecule has 5 heteroatoms. The average Bonchev–Trinajstić information content (AvgIpc) is 2.98. The zero-order valence-electron chi connectivity index (χ0n) is 11.0. The van der Waals surface area contributed by atoms with Crippen molar-refractivity contribution < 1.29 is 9.53 Å². The third-order valence-corrected chi connectivity index (χ3v) is 3.58. The van der Waals surface area contributed by atoms with Crippen LogP contribution in [0, 0.1) is 17.2 Å². The van der Waals surface area contributed by atoms with Gasteiger partial charge in [0.25, 0.3) is 0 Å². The van der Waals surface area contributed by atoms with Gasteiger partial charge in [-0.3, -0.25) is 4.79 Å². The molecule has 2 aromatic rings. The SMILES string of the molecule is COc1ccc(NC(=O)[C@H](C#N)Cc2ccsc2)cc1. The van der Waals surface area contributed by atoms with Gasteiger partial charge in [0.2, 0.25) is 5.91 Å². The topological polar surface area (TPSA) is 62.1 Å². The normalized spacial score (nSPS) is 11.4. The zero-order valence-corrected chi connectivity index (χ0v) is 11.8. The van der Waals surface area contributed by atoms with Gasteiger partial charge in [0.05, 0.1) is 13.2 Å². The molecule has 0 saturated carbocycles. The number of nitrogens with zero attached hydrogens (tertiary/aromatic N) is 1. The molecule has 102 valence electrons. The summed E-state index contributed by atoms with van der Waals surface area (Å²) in [7, 11) is 1.58. The van der Waals surface area contributed by atoms with E-state index in [2.05, 4.69) is 11.4 Å². The number of hydrogen-bond donors (Lipinski definition) is 1. The molecule has 0 aliphatic heterocycles. The molecule has 4 nitrogen and oxygen atoms in total. The molecule has 1 amide bonds. The first-order valence-corrected chi connectivity index (χ1v) is 7.03. The molecule has 0 saturated heterocycles. The fraction of sp³-hybridized carbons (Fsp3) is 0.200. The maximum absolute atomic E-state index is 12.1. The van der Waals surface area contributed by atoms with Gasteiger partial charge in [-0.15, -0.1) is 0 Å². The van der Waals surface area contributed by atoms with Crippen LogP contribution in [0.25, 0.3) is 0 Å². The smallest absolute Gasteiger partial charge is 0.242 e. The summed E-state index contributed by atoms with van der Waals surface area (Å²) in [6, 6.07) is 11.0. The Balaban J connectivity index is 2.00. The van der Waals surface area contributed by atoms with Crippen molar-refractivity contribution >= 4 is 22.9 Å². The van der Waals surface area contributed by atoms with E-state index in [1.54, 1.807) is 42.7 Å². The molecule has 1 N–H and O–H groups in total. The molecule has 0 fully saturated rings. The van der Waals surface area contributed by atoms with E-state index in [1.807, 2.05) is 16.8 Å². The Morgan fingerprint density at radius 2 is 2.15 bits per heavy atom. The number of carbonyl (C=O) groups is 1. The fourth-order valence-electron chi connectivity index (χ4n) is 1.75. The van der Waals surface area contributed by atoms with Gasteiger partial charge in [-0.05, 0) is 53.1 Å². The third-order valence-electron chi connectivity index (χ3n) is 2.85. The summed E-state index contributed by atoms with van der Waals surface area (Å²) >= 11 is 1.56. The highest BCUT2D eigenvalue weighted by Gasteiger charge is 2.18. The molecular weight excluding hydrogens is 272 g/mol. The van der Waals surface area contributed by atoms with Gasteiger partial charge < -0.3 is 10.1 Å². The van der Waals surface area contributed by atoms with Crippen molar-refractivity contribution in [3.8, 4) is 11.8 Å². The number of ether oxygens (including phenoxy) is 1. The number of thiophene rings is 1. The molecule has 0 unspecified atom stereocenters. The number of amides is 1. The Bertz CT molecular complexity index is 600. The number of hydrogen-bond acceptors (Lipinski definition) is 4. The molecule has 0 aliphatic carbocycles. The minimum Gasteiger partial charge on any atom is -0.497 e. The van der Waals surface area contributed by atoms with E-state index in [0.29, 0.717) is 12.1 Å². The van der Waals surface area contributed by atoms with Crippen molar-refractivity contribution in [2.75, 3.05) is 12.4 Å². The number of nitriles is 1. The molecule has 20 heavy (non-hydrogen) atoms. The number of rotatable bonds is 5. The maximum Gasteiger partial charge on any atom is 0.242 e. The van der Waals surface area contributed by atoms with E-state index in [1.165, 1.54) is 0 Å². The van der Waals surface area contributed by atoms with Crippen LogP contribution >= 0.6 is 11.3 Å². The molecule has 0 aliphatic rings. The van der Waals surface area contributed by atoms with Crippen LogP contribution in [0.2, 0.25) is 0 Å². The second-order valence-corrected chi connectivity index (χ2v) is 5.02. The lowest BCUT2D eigenvalue weighted by Crippen LogP contribution is -2.23. The lowest BCUT2D eigenvalue weighted by atomic mass is 10.0. The number of nitrogens with one attached hydrogen (secondary N) is 1. The fourth-order valence-corrected chi connectivity index (χ4v) is 2.43. The van der Waals surface area contributed by atoms with Gasteiger partial charge in [0, 0.05) is 5.69 Å². The first kappa shape index (κ1) is 14.1. The van der Waals surface area contributed by atoms with Crippen LogP contribution < -0.4 is 10.1 Å². The number of benzene rings is 1. The summed E-state index contributed by atoms with van der Waals surface area (Å²) in [4.78, 5) is 12.1. The van der Waals surface area contributed by atoms with Crippen molar-refractivity contribution in [3.63, 3.8) is 0 Å². The molecule has 2 rings (SSSR count). The number of methoxy groups -OCH3 is 1. The second kappa shape index (κ2) is 6.73. The summed E-state index contributed by atoms with van der Waals surface area (Å²) in [5, 5.41) is 15.8. The highest BCUT2D eigenvalue weighted by Crippen LogP contribution is 2.17. The van der Waals surface area contributed by atoms with E-state index in [9.17, 15) is 4.79 Å². The van der Waals surface area contributed by atoms with E-state index in [4.69, 9.17) is 10.00 Å². The van der Waals surface area contributed by atoms with Crippen LogP contribution in [0.15, 0.2) is 41.1 Å². The minimum absolute atomic E-state index is 0.288. The molecular formula is C15H14N2O2S. The summed E-state index contributed by atoms with van der Waals surface area (Å²) in [5.41, 5.74) is 1.66. The van der Waals surface area contributed by atoms with Crippen LogP contribution in [0.4, 0.5) is 5.69 Å². The zero-order chi connectivity index (χ0) is 14.4. The number of carbonyl (C=O) groups excluding carboxylic acids is 1. The predicted octanol–water partition coefficient (Wildman–Crippen LogP) is 3.08. The van der Waals surface area contributed by atoms with E-state index >= 15 is 0 Å². The summed E-state index contributed by atoms with van der Waals surface area (Å²) < 4.78 is 5.05. The molecule has 1 aromatic heterocycles. The first-order chi connectivity index (χ1) is 9.72. The number of anilines is 1. The van der Waals surface area contributed by atoms with Crippen molar-refractivity contribution in [1.29, 1.82) is 5.26 Å². The Labute approximate surface area is 121 Å². The van der Waals surface area contributed by atoms with Gasteiger partial charge in [0.1, 0.15) is 11.7 Å². The highest BCUT2D eigenvalue weighted by atomic mass is 32.1. The minimum atomic E-state index is -0.688. The molecule has 0 bridgehead atoms. The molecule has 1 aromatic carbocycles. The van der Waals surface area contributed by atoms with E-state index in [-0.39, 0.29) is 5.91 Å². The monoisotopic (exact) mass is 286 g/mol. The Morgan fingerprint density at radius 3 is 2.70 bits per heavy atom. The molecule has 0 radical (unpaired) electrons. The van der Waals surface area contributed by atoms with Crippen molar-refractivity contribution in [2.24, 2.45) is 5.92 Å². The second-order valence-electron chi connectivity index (χ2n) is 4.24. The third kappa shape index (κ3) is 3.59. The quantitative estimate of drug-likeness (QED) is 0.918. The molecule has 1 heterocycles. The first-order valence-electron chi connectivity index (χ1n) is 6.08. The summed E-state index contributed by atoms with van der Waals surface area (Å²) in [6.45, 7) is 0. The summed E-state index contributed by atoms with van der Waals surface area (Å²) in [6.07, 6.45) is 0.433. The van der Waals surface area contributed by atoms with E-state index < -0.39 is 5.92 Å². The van der Waals surface area contributed by atoms with Gasteiger partial charge in [-0.25, -0.2) is 0 Å². The van der Waals surface area contributed by atoms with Crippen LogP contribution in [0.1, 0.15) is 5.56 Å². The largest absolute Gasteiger partial charge is 0.497 e. The van der Waals surface area contributed by atoms with Gasteiger partial charge in [-0.2, -0.15) is 16.6 Å². The summed E-state index contributed by atoms with van der Waals surface area (Å²) in [5.74, 6) is -0.256. The van der Waals surface area contributed by atoms with Gasteiger partial charge in [-0.1, -0.05) is 0 Å². The average molecular weight is 286 g/mol. The Morgan fingerprint density at radius 1 is 1.40 bits per heavy atom.